The van der Waals surface area contributed by atoms with Crippen molar-refractivity contribution in [2.45, 2.75) is 26.8 Å². The van der Waals surface area contributed by atoms with Crippen LogP contribution in [0, 0.1) is 13.8 Å². The molecule has 102 valence electrons. The summed E-state index contributed by atoms with van der Waals surface area (Å²) in [7, 11) is 0. The van der Waals surface area contributed by atoms with Gasteiger partial charge in [0.15, 0.2) is 0 Å². The molecule has 19 heavy (non-hydrogen) atoms. The Hall–Kier alpha value is -0.350. The molecule has 1 aromatic carbocycles. The van der Waals surface area contributed by atoms with E-state index in [1.54, 1.807) is 0 Å². The van der Waals surface area contributed by atoms with Gasteiger partial charge in [-0.05, 0) is 65.6 Å². The van der Waals surface area contributed by atoms with Gasteiger partial charge in [0, 0.05) is 19.2 Å². The van der Waals surface area contributed by atoms with Crippen molar-refractivity contribution in [1.82, 2.24) is 5.32 Å². The first kappa shape index (κ1) is 15.0. The summed E-state index contributed by atoms with van der Waals surface area (Å²) >= 11 is 11.6. The molecule has 4 heteroatoms. The van der Waals surface area contributed by atoms with Gasteiger partial charge >= 0.3 is 0 Å². The summed E-state index contributed by atoms with van der Waals surface area (Å²) in [6.07, 6.45) is 0. The fraction of sp³-hybridized carbons (Fsp3) is 0.333. The summed E-state index contributed by atoms with van der Waals surface area (Å²) in [5.41, 5.74) is 2.50. The first-order valence-electron chi connectivity index (χ1n) is 6.28. The summed E-state index contributed by atoms with van der Waals surface area (Å²) in [6.45, 7) is 7.30. The topological polar surface area (TPSA) is 12.0 Å². The molecule has 1 nitrogen and oxygen atoms in total. The standard InChI is InChI=1S/C15H17BrClNS/c1-4-18-14(15-13(16)7-10(3)19-15)12-8-11(17)6-5-9(12)2/h5-8,14,18H,4H2,1-3H3. The Morgan fingerprint density at radius 1 is 1.32 bits per heavy atom. The van der Waals surface area contributed by atoms with Gasteiger partial charge in [-0.2, -0.15) is 0 Å². The molecule has 1 aromatic heterocycles. The second kappa shape index (κ2) is 6.40. The highest BCUT2D eigenvalue weighted by Gasteiger charge is 2.20. The molecule has 2 aromatic rings. The minimum atomic E-state index is 0.191. The van der Waals surface area contributed by atoms with E-state index in [0.717, 1.165) is 11.6 Å². The molecule has 1 atom stereocenters. The van der Waals surface area contributed by atoms with Crippen LogP contribution >= 0.6 is 38.9 Å². The molecule has 0 bridgehead atoms. The van der Waals surface area contributed by atoms with Crippen molar-refractivity contribution < 1.29 is 0 Å². The Morgan fingerprint density at radius 2 is 2.05 bits per heavy atom. The van der Waals surface area contributed by atoms with Crippen LogP contribution in [0.25, 0.3) is 0 Å². The zero-order valence-electron chi connectivity index (χ0n) is 11.3. The van der Waals surface area contributed by atoms with Gasteiger partial charge in [-0.1, -0.05) is 24.6 Å². The third kappa shape index (κ3) is 3.40. The van der Waals surface area contributed by atoms with Crippen molar-refractivity contribution in [1.29, 1.82) is 0 Å². The third-order valence-corrected chi connectivity index (χ3v) is 5.33. The summed E-state index contributed by atoms with van der Waals surface area (Å²) < 4.78 is 1.17. The van der Waals surface area contributed by atoms with E-state index < -0.39 is 0 Å². The Morgan fingerprint density at radius 3 is 2.63 bits per heavy atom. The van der Waals surface area contributed by atoms with Crippen molar-refractivity contribution in [3.05, 3.63) is 54.6 Å². The average molecular weight is 359 g/mol. The van der Waals surface area contributed by atoms with E-state index in [0.29, 0.717) is 0 Å². The van der Waals surface area contributed by atoms with E-state index in [4.69, 9.17) is 11.6 Å². The zero-order valence-corrected chi connectivity index (χ0v) is 14.4. The van der Waals surface area contributed by atoms with E-state index >= 15 is 0 Å². The van der Waals surface area contributed by atoms with Crippen LogP contribution in [0.1, 0.15) is 33.8 Å². The number of aryl methyl sites for hydroxylation is 2. The molecule has 0 aliphatic rings. The molecule has 0 saturated heterocycles. The molecular formula is C15H17BrClNS. The quantitative estimate of drug-likeness (QED) is 0.763. The fourth-order valence-electron chi connectivity index (χ4n) is 2.17. The molecule has 1 N–H and O–H groups in total. The van der Waals surface area contributed by atoms with Crippen LogP contribution in [-0.2, 0) is 0 Å². The molecule has 0 spiro atoms. The Bertz CT molecular complexity index is 580. The van der Waals surface area contributed by atoms with Gasteiger partial charge in [-0.3, -0.25) is 0 Å². The summed E-state index contributed by atoms with van der Waals surface area (Å²) in [6, 6.07) is 8.45. The van der Waals surface area contributed by atoms with Crippen molar-refractivity contribution in [3.8, 4) is 0 Å². The van der Waals surface area contributed by atoms with Gasteiger partial charge < -0.3 is 5.32 Å². The van der Waals surface area contributed by atoms with Crippen molar-refractivity contribution in [3.63, 3.8) is 0 Å². The minimum absolute atomic E-state index is 0.191. The molecule has 2 rings (SSSR count). The Balaban J connectivity index is 2.51. The normalized spacial score (nSPS) is 12.7. The highest BCUT2D eigenvalue weighted by Crippen LogP contribution is 2.37. The molecule has 0 saturated carbocycles. The maximum atomic E-state index is 6.16. The smallest absolute Gasteiger partial charge is 0.0685 e. The molecule has 1 heterocycles. The maximum Gasteiger partial charge on any atom is 0.0685 e. The molecule has 1 unspecified atom stereocenters. The van der Waals surface area contributed by atoms with E-state index in [1.807, 2.05) is 17.4 Å². The lowest BCUT2D eigenvalue weighted by Crippen LogP contribution is -2.22. The number of thiophene rings is 1. The first-order chi connectivity index (χ1) is 9.02. The third-order valence-electron chi connectivity index (χ3n) is 3.06. The number of halogens is 2. The second-order valence-electron chi connectivity index (χ2n) is 4.56. The number of nitrogens with one attached hydrogen (secondary N) is 1. The van der Waals surface area contributed by atoms with Gasteiger partial charge in [0.05, 0.1) is 6.04 Å². The van der Waals surface area contributed by atoms with Crippen LogP contribution in [-0.4, -0.2) is 6.54 Å². The first-order valence-corrected chi connectivity index (χ1v) is 8.27. The second-order valence-corrected chi connectivity index (χ2v) is 7.14. The molecule has 0 amide bonds. The average Bonchev–Trinajstić information content (AvgIpc) is 2.69. The van der Waals surface area contributed by atoms with Crippen LogP contribution in [0.5, 0.6) is 0 Å². The lowest BCUT2D eigenvalue weighted by molar-refractivity contribution is 0.635. The molecular weight excluding hydrogens is 342 g/mol. The number of hydrogen-bond donors (Lipinski definition) is 1. The van der Waals surface area contributed by atoms with E-state index in [1.165, 1.54) is 25.4 Å². The summed E-state index contributed by atoms with van der Waals surface area (Å²) in [4.78, 5) is 2.62. The fourth-order valence-corrected chi connectivity index (χ4v) is 4.32. The number of benzene rings is 1. The minimum Gasteiger partial charge on any atom is -0.306 e. The van der Waals surface area contributed by atoms with Gasteiger partial charge in [0.2, 0.25) is 0 Å². The highest BCUT2D eigenvalue weighted by molar-refractivity contribution is 9.10. The largest absolute Gasteiger partial charge is 0.306 e. The SMILES string of the molecule is CCNC(c1cc(Cl)ccc1C)c1sc(C)cc1Br. The lowest BCUT2D eigenvalue weighted by Gasteiger charge is -2.20. The number of hydrogen-bond acceptors (Lipinski definition) is 2. The Kier molecular flexibility index (Phi) is 5.07. The zero-order chi connectivity index (χ0) is 14.0. The molecule has 0 aliphatic carbocycles. The molecule has 0 radical (unpaired) electrons. The molecule has 0 fully saturated rings. The molecule has 0 aliphatic heterocycles. The maximum absolute atomic E-state index is 6.16. The van der Waals surface area contributed by atoms with Crippen molar-refractivity contribution in [2.24, 2.45) is 0 Å². The van der Waals surface area contributed by atoms with Crippen molar-refractivity contribution in [2.75, 3.05) is 6.54 Å². The lowest BCUT2D eigenvalue weighted by atomic mass is 10.00. The Labute approximate surface area is 132 Å². The van der Waals surface area contributed by atoms with Crippen LogP contribution in [0.2, 0.25) is 5.02 Å². The van der Waals surface area contributed by atoms with Gasteiger partial charge in [0.25, 0.3) is 0 Å². The van der Waals surface area contributed by atoms with Crippen molar-refractivity contribution >= 4 is 38.9 Å². The number of rotatable bonds is 4. The van der Waals surface area contributed by atoms with Crippen LogP contribution in [0.3, 0.4) is 0 Å². The van der Waals surface area contributed by atoms with E-state index in [9.17, 15) is 0 Å². The highest BCUT2D eigenvalue weighted by atomic mass is 79.9. The van der Waals surface area contributed by atoms with Crippen LogP contribution in [0.15, 0.2) is 28.7 Å². The predicted octanol–water partition coefficient (Wildman–Crippen LogP) is 5.48. The van der Waals surface area contributed by atoms with Crippen LogP contribution in [0.4, 0.5) is 0 Å². The van der Waals surface area contributed by atoms with Gasteiger partial charge in [-0.25, -0.2) is 0 Å². The van der Waals surface area contributed by atoms with Gasteiger partial charge in [0.1, 0.15) is 0 Å². The van der Waals surface area contributed by atoms with E-state index in [-0.39, 0.29) is 6.04 Å². The van der Waals surface area contributed by atoms with Crippen LogP contribution < -0.4 is 5.32 Å². The van der Waals surface area contributed by atoms with E-state index in [2.05, 4.69) is 60.2 Å². The summed E-state index contributed by atoms with van der Waals surface area (Å²) in [5.74, 6) is 0. The van der Waals surface area contributed by atoms with Gasteiger partial charge in [-0.15, -0.1) is 11.3 Å². The monoisotopic (exact) mass is 357 g/mol. The summed E-state index contributed by atoms with van der Waals surface area (Å²) in [5, 5.41) is 4.34. The predicted molar refractivity (Wildman–Crippen MR) is 88.5 cm³/mol.